The Morgan fingerprint density at radius 2 is 2.20 bits per heavy atom. The summed E-state index contributed by atoms with van der Waals surface area (Å²) in [5, 5.41) is 14.3. The van der Waals surface area contributed by atoms with Crippen molar-refractivity contribution in [3.63, 3.8) is 0 Å². The van der Waals surface area contributed by atoms with Crippen LogP contribution in [0.4, 0.5) is 5.82 Å². The number of rotatable bonds is 7. The van der Waals surface area contributed by atoms with Crippen LogP contribution in [0.1, 0.15) is 18.4 Å². The van der Waals surface area contributed by atoms with Crippen molar-refractivity contribution in [2.75, 3.05) is 6.61 Å². The highest BCUT2D eigenvalue weighted by Gasteiger charge is 2.09. The van der Waals surface area contributed by atoms with E-state index in [-0.39, 0.29) is 5.82 Å². The van der Waals surface area contributed by atoms with Gasteiger partial charge in [-0.25, -0.2) is 0 Å². The molecule has 0 aliphatic carbocycles. The van der Waals surface area contributed by atoms with E-state index in [4.69, 9.17) is 4.74 Å². The van der Waals surface area contributed by atoms with Crippen LogP contribution in [-0.2, 0) is 6.54 Å². The number of hydrogen-bond donors (Lipinski definition) is 0. The summed E-state index contributed by atoms with van der Waals surface area (Å²) in [5.74, 6) is 0.765. The lowest BCUT2D eigenvalue weighted by Gasteiger charge is -2.06. The van der Waals surface area contributed by atoms with E-state index < -0.39 is 4.92 Å². The number of benzene rings is 1. The van der Waals surface area contributed by atoms with Gasteiger partial charge < -0.3 is 14.9 Å². The molecule has 2 rings (SSSR count). The van der Waals surface area contributed by atoms with Crippen molar-refractivity contribution in [2.24, 2.45) is 0 Å². The molecule has 0 fully saturated rings. The molecule has 106 valence electrons. The van der Waals surface area contributed by atoms with Crippen LogP contribution in [0, 0.1) is 17.0 Å². The van der Waals surface area contributed by atoms with Gasteiger partial charge in [-0.15, -0.1) is 0 Å². The van der Waals surface area contributed by atoms with Crippen molar-refractivity contribution in [1.82, 2.24) is 9.78 Å². The second-order valence-electron chi connectivity index (χ2n) is 4.57. The third-order valence-corrected chi connectivity index (χ3v) is 2.85. The molecule has 0 atom stereocenters. The molecule has 0 aliphatic rings. The van der Waals surface area contributed by atoms with Crippen LogP contribution in [0.3, 0.4) is 0 Å². The molecule has 1 heterocycles. The van der Waals surface area contributed by atoms with Crippen molar-refractivity contribution in [3.05, 3.63) is 52.2 Å². The van der Waals surface area contributed by atoms with Crippen molar-refractivity contribution in [2.45, 2.75) is 26.3 Å². The average Bonchev–Trinajstić information content (AvgIpc) is 2.87. The fourth-order valence-corrected chi connectivity index (χ4v) is 1.84. The number of unbranched alkanes of at least 4 members (excludes halogenated alkanes) is 1. The number of hydrogen-bond acceptors (Lipinski definition) is 4. The summed E-state index contributed by atoms with van der Waals surface area (Å²) in [6.45, 7) is 3.31. The largest absolute Gasteiger partial charge is 0.494 e. The fraction of sp³-hybridized carbons (Fsp3) is 0.357. The topological polar surface area (TPSA) is 70.2 Å². The lowest BCUT2D eigenvalue weighted by atomic mass is 10.2. The maximum Gasteiger partial charge on any atom is 0.389 e. The van der Waals surface area contributed by atoms with Crippen LogP contribution in [0.15, 0.2) is 36.5 Å². The van der Waals surface area contributed by atoms with Gasteiger partial charge in [0, 0.05) is 0 Å². The fourth-order valence-electron chi connectivity index (χ4n) is 1.84. The number of nitro groups is 1. The zero-order valence-electron chi connectivity index (χ0n) is 11.4. The van der Waals surface area contributed by atoms with Gasteiger partial charge in [0.1, 0.15) is 5.75 Å². The van der Waals surface area contributed by atoms with Crippen LogP contribution < -0.4 is 4.74 Å². The Morgan fingerprint density at radius 3 is 2.90 bits per heavy atom. The Labute approximate surface area is 117 Å². The Balaban J connectivity index is 1.67. The van der Waals surface area contributed by atoms with Crippen LogP contribution >= 0.6 is 0 Å². The van der Waals surface area contributed by atoms with Crippen molar-refractivity contribution in [3.8, 4) is 5.75 Å². The summed E-state index contributed by atoms with van der Waals surface area (Å²) in [4.78, 5) is 10.00. The summed E-state index contributed by atoms with van der Waals surface area (Å²) in [6, 6.07) is 9.33. The number of aryl methyl sites for hydroxylation is 2. The van der Waals surface area contributed by atoms with Crippen LogP contribution in [0.2, 0.25) is 0 Å². The van der Waals surface area contributed by atoms with E-state index in [2.05, 4.69) is 5.10 Å². The Bertz CT molecular complexity index is 581. The smallest absolute Gasteiger partial charge is 0.389 e. The Morgan fingerprint density at radius 1 is 1.35 bits per heavy atom. The van der Waals surface area contributed by atoms with Crippen LogP contribution in [-0.4, -0.2) is 21.3 Å². The molecular formula is C14H17N3O3. The Kier molecular flexibility index (Phi) is 4.70. The summed E-state index contributed by atoms with van der Waals surface area (Å²) < 4.78 is 7.22. The molecule has 0 saturated carbocycles. The van der Waals surface area contributed by atoms with Gasteiger partial charge in [0.2, 0.25) is 0 Å². The minimum atomic E-state index is -0.489. The quantitative estimate of drug-likeness (QED) is 0.442. The molecule has 20 heavy (non-hydrogen) atoms. The molecule has 1 aromatic carbocycles. The average molecular weight is 275 g/mol. The predicted molar refractivity (Wildman–Crippen MR) is 74.8 cm³/mol. The first kappa shape index (κ1) is 14.0. The summed E-state index contributed by atoms with van der Waals surface area (Å²) in [5.41, 5.74) is 1.17. The molecule has 6 heteroatoms. The highest BCUT2D eigenvalue weighted by Crippen LogP contribution is 2.13. The van der Waals surface area contributed by atoms with Gasteiger partial charge in [-0.2, -0.15) is 4.68 Å². The second-order valence-corrected chi connectivity index (χ2v) is 4.57. The van der Waals surface area contributed by atoms with E-state index in [1.807, 2.05) is 31.2 Å². The third-order valence-electron chi connectivity index (χ3n) is 2.85. The summed E-state index contributed by atoms with van der Waals surface area (Å²) in [6.07, 6.45) is 3.37. The first-order valence-corrected chi connectivity index (χ1v) is 6.52. The SMILES string of the molecule is Cc1cccc(OCCCCn2ccc([N+](=O)[O-])n2)c1. The summed E-state index contributed by atoms with van der Waals surface area (Å²) in [7, 11) is 0. The van der Waals surface area contributed by atoms with Crippen molar-refractivity contribution in [1.29, 1.82) is 0 Å². The lowest BCUT2D eigenvalue weighted by Crippen LogP contribution is -2.03. The minimum Gasteiger partial charge on any atom is -0.494 e. The highest BCUT2D eigenvalue weighted by molar-refractivity contribution is 5.27. The molecular weight excluding hydrogens is 258 g/mol. The normalized spacial score (nSPS) is 10.4. The highest BCUT2D eigenvalue weighted by atomic mass is 16.6. The van der Waals surface area contributed by atoms with Crippen LogP contribution in [0.25, 0.3) is 0 Å². The van der Waals surface area contributed by atoms with Gasteiger partial charge in [0.25, 0.3) is 0 Å². The van der Waals surface area contributed by atoms with Crippen LogP contribution in [0.5, 0.6) is 5.75 Å². The maximum absolute atomic E-state index is 10.5. The molecule has 2 aromatic rings. The van der Waals surface area contributed by atoms with Gasteiger partial charge in [0.15, 0.2) is 0 Å². The molecule has 0 amide bonds. The number of aromatic nitrogens is 2. The van der Waals surface area contributed by atoms with Gasteiger partial charge in [-0.05, 0) is 42.4 Å². The molecule has 1 aromatic heterocycles. The number of nitrogens with zero attached hydrogens (tertiary/aromatic N) is 3. The molecule has 0 radical (unpaired) electrons. The zero-order chi connectivity index (χ0) is 14.4. The van der Waals surface area contributed by atoms with E-state index in [0.717, 1.165) is 18.6 Å². The van der Waals surface area contributed by atoms with E-state index in [1.54, 1.807) is 10.9 Å². The molecule has 6 nitrogen and oxygen atoms in total. The van der Waals surface area contributed by atoms with Crippen molar-refractivity contribution < 1.29 is 9.66 Å². The van der Waals surface area contributed by atoms with Crippen molar-refractivity contribution >= 4 is 5.82 Å². The molecule has 0 unspecified atom stereocenters. The van der Waals surface area contributed by atoms with E-state index in [9.17, 15) is 10.1 Å². The molecule has 0 aliphatic heterocycles. The Hall–Kier alpha value is -2.37. The molecule has 0 saturated heterocycles. The molecule has 0 N–H and O–H groups in total. The number of ether oxygens (including phenoxy) is 1. The van der Waals surface area contributed by atoms with Gasteiger partial charge in [0.05, 0.1) is 30.5 Å². The predicted octanol–water partition coefficient (Wildman–Crippen LogP) is 2.96. The monoisotopic (exact) mass is 275 g/mol. The molecule has 0 bridgehead atoms. The lowest BCUT2D eigenvalue weighted by molar-refractivity contribution is -0.389. The first-order chi connectivity index (χ1) is 9.65. The van der Waals surface area contributed by atoms with Gasteiger partial charge >= 0.3 is 5.82 Å². The molecule has 0 spiro atoms. The minimum absolute atomic E-state index is 0.110. The standard InChI is InChI=1S/C14H17N3O3/c1-12-5-4-6-13(11-12)20-10-3-2-8-16-9-7-14(15-16)17(18)19/h4-7,9,11H,2-3,8,10H2,1H3. The summed E-state index contributed by atoms with van der Waals surface area (Å²) >= 11 is 0. The maximum atomic E-state index is 10.5. The first-order valence-electron chi connectivity index (χ1n) is 6.52. The van der Waals surface area contributed by atoms with E-state index in [1.165, 1.54) is 11.6 Å². The van der Waals surface area contributed by atoms with Gasteiger partial charge in [-0.3, -0.25) is 0 Å². The zero-order valence-corrected chi connectivity index (χ0v) is 11.4. The van der Waals surface area contributed by atoms with Gasteiger partial charge in [-0.1, -0.05) is 12.1 Å². The third kappa shape index (κ3) is 4.08. The van der Waals surface area contributed by atoms with E-state index >= 15 is 0 Å². The second kappa shape index (κ2) is 6.70. The van der Waals surface area contributed by atoms with E-state index in [0.29, 0.717) is 13.2 Å².